The van der Waals surface area contributed by atoms with E-state index in [4.69, 9.17) is 10.6 Å². The van der Waals surface area contributed by atoms with Crippen LogP contribution < -0.4 is 21.3 Å². The zero-order valence-electron chi connectivity index (χ0n) is 11.0. The van der Waals surface area contributed by atoms with Crippen LogP contribution in [-0.4, -0.2) is 16.6 Å². The number of rotatable bonds is 5. The lowest BCUT2D eigenvalue weighted by Crippen LogP contribution is -2.11. The number of hydrazine groups is 1. The second-order valence-electron chi connectivity index (χ2n) is 3.92. The van der Waals surface area contributed by atoms with E-state index in [2.05, 4.69) is 20.7 Å². The molecule has 0 saturated carbocycles. The van der Waals surface area contributed by atoms with Crippen molar-refractivity contribution in [3.8, 4) is 5.75 Å². The average Bonchev–Trinajstić information content (AvgIpc) is 2.43. The fraction of sp³-hybridized carbons (Fsp3) is 0.231. The van der Waals surface area contributed by atoms with Crippen molar-refractivity contribution in [3.05, 3.63) is 36.0 Å². The van der Waals surface area contributed by atoms with E-state index >= 15 is 0 Å². The second kappa shape index (κ2) is 6.01. The summed E-state index contributed by atoms with van der Waals surface area (Å²) in [5, 5.41) is 3.23. The van der Waals surface area contributed by atoms with E-state index in [0.29, 0.717) is 18.4 Å². The van der Waals surface area contributed by atoms with Gasteiger partial charge in [0.25, 0.3) is 0 Å². The molecular formula is C13H17N5O. The van der Waals surface area contributed by atoms with Crippen molar-refractivity contribution < 1.29 is 4.74 Å². The van der Waals surface area contributed by atoms with Crippen molar-refractivity contribution in [1.29, 1.82) is 0 Å². The summed E-state index contributed by atoms with van der Waals surface area (Å²) in [6, 6.07) is 7.70. The van der Waals surface area contributed by atoms with Crippen molar-refractivity contribution in [3.63, 3.8) is 0 Å². The minimum atomic E-state index is 0.363. The molecule has 2 rings (SSSR count). The van der Waals surface area contributed by atoms with Gasteiger partial charge in [0.2, 0.25) is 5.95 Å². The Morgan fingerprint density at radius 1 is 1.32 bits per heavy atom. The molecule has 1 heterocycles. The first kappa shape index (κ1) is 13.1. The molecular weight excluding hydrogens is 242 g/mol. The molecule has 0 spiro atoms. The van der Waals surface area contributed by atoms with Crippen LogP contribution in [0.25, 0.3) is 0 Å². The van der Waals surface area contributed by atoms with Gasteiger partial charge < -0.3 is 10.1 Å². The van der Waals surface area contributed by atoms with Crippen LogP contribution in [0.1, 0.15) is 12.5 Å². The standard InChI is InChI=1S/C13H17N5O/c1-3-19-11-7-5-4-6-10(11)16-12-9(2)8-15-13(17-12)18-14/h4-8H,3,14H2,1-2H3,(H2,15,16,17,18). The zero-order chi connectivity index (χ0) is 13.7. The van der Waals surface area contributed by atoms with Crippen LogP contribution in [0, 0.1) is 6.92 Å². The molecule has 4 N–H and O–H groups in total. The van der Waals surface area contributed by atoms with Gasteiger partial charge in [-0.1, -0.05) is 12.1 Å². The van der Waals surface area contributed by atoms with Gasteiger partial charge in [0.15, 0.2) is 0 Å². The lowest BCUT2D eigenvalue weighted by Gasteiger charge is -2.13. The molecule has 0 radical (unpaired) electrons. The largest absolute Gasteiger partial charge is 0.492 e. The molecule has 0 amide bonds. The van der Waals surface area contributed by atoms with Crippen LogP contribution in [0.15, 0.2) is 30.5 Å². The number of benzene rings is 1. The Bertz CT molecular complexity index is 558. The third-order valence-electron chi connectivity index (χ3n) is 2.54. The van der Waals surface area contributed by atoms with Crippen LogP contribution in [0.3, 0.4) is 0 Å². The molecule has 2 aromatic rings. The smallest absolute Gasteiger partial charge is 0.239 e. The predicted octanol–water partition coefficient (Wildman–Crippen LogP) is 2.21. The van der Waals surface area contributed by atoms with Gasteiger partial charge in [-0.2, -0.15) is 4.98 Å². The van der Waals surface area contributed by atoms with E-state index in [0.717, 1.165) is 17.0 Å². The molecule has 1 aromatic carbocycles. The van der Waals surface area contributed by atoms with E-state index in [1.807, 2.05) is 38.1 Å². The van der Waals surface area contributed by atoms with Gasteiger partial charge in [0, 0.05) is 11.8 Å². The maximum Gasteiger partial charge on any atom is 0.239 e. The van der Waals surface area contributed by atoms with Gasteiger partial charge in [0.05, 0.1) is 12.3 Å². The number of nitrogens with zero attached hydrogens (tertiary/aromatic N) is 2. The number of hydrogen-bond acceptors (Lipinski definition) is 6. The quantitative estimate of drug-likeness (QED) is 0.564. The summed E-state index contributed by atoms with van der Waals surface area (Å²) in [7, 11) is 0. The fourth-order valence-corrected chi connectivity index (χ4v) is 1.62. The Balaban J connectivity index is 2.30. The minimum Gasteiger partial charge on any atom is -0.492 e. The van der Waals surface area contributed by atoms with Crippen molar-refractivity contribution in [2.45, 2.75) is 13.8 Å². The van der Waals surface area contributed by atoms with E-state index < -0.39 is 0 Å². The van der Waals surface area contributed by atoms with Crippen LogP contribution in [-0.2, 0) is 0 Å². The number of para-hydroxylation sites is 2. The predicted molar refractivity (Wildman–Crippen MR) is 75.5 cm³/mol. The number of nitrogens with two attached hydrogens (primary N) is 1. The molecule has 0 aliphatic heterocycles. The van der Waals surface area contributed by atoms with Crippen LogP contribution in [0.5, 0.6) is 5.75 Å². The molecule has 1 aromatic heterocycles. The topological polar surface area (TPSA) is 85.1 Å². The molecule has 6 heteroatoms. The zero-order valence-corrected chi connectivity index (χ0v) is 11.0. The Morgan fingerprint density at radius 3 is 2.84 bits per heavy atom. The Hall–Kier alpha value is -2.34. The molecule has 0 atom stereocenters. The van der Waals surface area contributed by atoms with Gasteiger partial charge in [-0.3, -0.25) is 5.43 Å². The van der Waals surface area contributed by atoms with E-state index in [1.165, 1.54) is 0 Å². The van der Waals surface area contributed by atoms with E-state index in [9.17, 15) is 0 Å². The first-order valence-electron chi connectivity index (χ1n) is 6.03. The maximum atomic E-state index is 5.56. The monoisotopic (exact) mass is 259 g/mol. The highest BCUT2D eigenvalue weighted by molar-refractivity contribution is 5.66. The first-order valence-corrected chi connectivity index (χ1v) is 6.03. The summed E-state index contributed by atoms with van der Waals surface area (Å²) >= 11 is 0. The van der Waals surface area contributed by atoms with E-state index in [1.54, 1.807) is 6.20 Å². The molecule has 0 fully saturated rings. The number of nitrogen functional groups attached to an aromatic ring is 1. The highest BCUT2D eigenvalue weighted by Gasteiger charge is 2.07. The number of nitrogens with one attached hydrogen (secondary N) is 2. The number of anilines is 3. The highest BCUT2D eigenvalue weighted by Crippen LogP contribution is 2.27. The fourth-order valence-electron chi connectivity index (χ4n) is 1.62. The summed E-state index contributed by atoms with van der Waals surface area (Å²) in [6.07, 6.45) is 1.70. The second-order valence-corrected chi connectivity index (χ2v) is 3.92. The normalized spacial score (nSPS) is 10.1. The van der Waals surface area contributed by atoms with Crippen LogP contribution in [0.2, 0.25) is 0 Å². The van der Waals surface area contributed by atoms with Crippen LogP contribution in [0.4, 0.5) is 17.5 Å². The van der Waals surface area contributed by atoms with Crippen molar-refractivity contribution in [2.75, 3.05) is 17.3 Å². The minimum absolute atomic E-state index is 0.363. The van der Waals surface area contributed by atoms with Gasteiger partial charge in [-0.25, -0.2) is 10.8 Å². The molecule has 19 heavy (non-hydrogen) atoms. The van der Waals surface area contributed by atoms with Crippen LogP contribution >= 0.6 is 0 Å². The molecule has 0 saturated heterocycles. The SMILES string of the molecule is CCOc1ccccc1Nc1nc(NN)ncc1C. The van der Waals surface area contributed by atoms with Crippen molar-refractivity contribution >= 4 is 17.5 Å². The Morgan fingerprint density at radius 2 is 2.11 bits per heavy atom. The molecule has 100 valence electrons. The highest BCUT2D eigenvalue weighted by atomic mass is 16.5. The average molecular weight is 259 g/mol. The van der Waals surface area contributed by atoms with Gasteiger partial charge in [-0.15, -0.1) is 0 Å². The first-order chi connectivity index (χ1) is 9.24. The lowest BCUT2D eigenvalue weighted by molar-refractivity contribution is 0.342. The number of aromatic nitrogens is 2. The summed E-state index contributed by atoms with van der Waals surface area (Å²) < 4.78 is 5.56. The van der Waals surface area contributed by atoms with Gasteiger partial charge >= 0.3 is 0 Å². The molecule has 0 bridgehead atoms. The Labute approximate surface area is 112 Å². The molecule has 6 nitrogen and oxygen atoms in total. The molecule has 0 aliphatic carbocycles. The number of hydrogen-bond donors (Lipinski definition) is 3. The molecule has 0 unspecified atom stereocenters. The number of ether oxygens (including phenoxy) is 1. The van der Waals surface area contributed by atoms with Crippen molar-refractivity contribution in [1.82, 2.24) is 9.97 Å². The lowest BCUT2D eigenvalue weighted by atomic mass is 10.2. The Kier molecular flexibility index (Phi) is 4.15. The third-order valence-corrected chi connectivity index (χ3v) is 2.54. The summed E-state index contributed by atoms with van der Waals surface area (Å²) in [4.78, 5) is 8.31. The van der Waals surface area contributed by atoms with Gasteiger partial charge in [-0.05, 0) is 26.0 Å². The number of aryl methyl sites for hydroxylation is 1. The maximum absolute atomic E-state index is 5.56. The molecule has 0 aliphatic rings. The summed E-state index contributed by atoms with van der Waals surface area (Å²) in [6.45, 7) is 4.48. The van der Waals surface area contributed by atoms with E-state index in [-0.39, 0.29) is 0 Å². The third kappa shape index (κ3) is 3.11. The summed E-state index contributed by atoms with van der Waals surface area (Å²) in [5.41, 5.74) is 4.20. The van der Waals surface area contributed by atoms with Crippen molar-refractivity contribution in [2.24, 2.45) is 5.84 Å². The van der Waals surface area contributed by atoms with Gasteiger partial charge in [0.1, 0.15) is 11.6 Å². The summed E-state index contributed by atoms with van der Waals surface area (Å²) in [5.74, 6) is 7.15.